The molecule has 1 saturated heterocycles. The second-order valence-electron chi connectivity index (χ2n) is 8.24. The van der Waals surface area contributed by atoms with E-state index in [-0.39, 0.29) is 12.1 Å². The number of carbonyl (C=O) groups excluding carboxylic acids is 2. The number of hydrogen-bond acceptors (Lipinski definition) is 4. The highest BCUT2D eigenvalue weighted by Gasteiger charge is 2.30. The second-order valence-corrected chi connectivity index (χ2v) is 9.12. The van der Waals surface area contributed by atoms with Crippen LogP contribution in [0.1, 0.15) is 39.2 Å². The summed E-state index contributed by atoms with van der Waals surface area (Å²) in [5, 5.41) is 3.00. The molecule has 0 bridgehead atoms. The van der Waals surface area contributed by atoms with Gasteiger partial charge in [-0.1, -0.05) is 0 Å². The number of nitrogens with one attached hydrogen (secondary N) is 1. The van der Waals surface area contributed by atoms with E-state index in [0.717, 1.165) is 30.6 Å². The van der Waals surface area contributed by atoms with E-state index in [4.69, 9.17) is 4.74 Å². The number of hydrogen-bond donors (Lipinski definition) is 1. The number of likely N-dealkylation sites (tertiary alicyclic amines) is 1. The lowest BCUT2D eigenvalue weighted by Gasteiger charge is -2.37. The van der Waals surface area contributed by atoms with E-state index in [2.05, 4.69) is 17.6 Å². The van der Waals surface area contributed by atoms with Crippen LogP contribution < -0.4 is 5.32 Å². The maximum atomic E-state index is 12.4. The van der Waals surface area contributed by atoms with E-state index in [1.165, 1.54) is 4.90 Å². The Hall–Kier alpha value is -1.89. The highest BCUT2D eigenvalue weighted by Crippen LogP contribution is 2.29. The van der Waals surface area contributed by atoms with Gasteiger partial charge >= 0.3 is 12.1 Å². The summed E-state index contributed by atoms with van der Waals surface area (Å²) in [5.74, 6) is 0.403. The molecule has 1 aromatic carbocycles. The quantitative estimate of drug-likeness (QED) is 0.776. The minimum atomic E-state index is -0.469. The van der Waals surface area contributed by atoms with Crippen molar-refractivity contribution in [2.24, 2.45) is 5.92 Å². The number of anilines is 1. The van der Waals surface area contributed by atoms with Crippen LogP contribution in [0.3, 0.4) is 0 Å². The molecule has 6 nitrogen and oxygen atoms in total. The Morgan fingerprint density at radius 1 is 1.30 bits per heavy atom. The summed E-state index contributed by atoms with van der Waals surface area (Å²) >= 11 is 1.71. The van der Waals surface area contributed by atoms with Crippen molar-refractivity contribution in [2.75, 3.05) is 31.2 Å². The van der Waals surface area contributed by atoms with Gasteiger partial charge in [-0.3, -0.25) is 0 Å². The molecule has 1 fully saturated rings. The van der Waals surface area contributed by atoms with Gasteiger partial charge in [-0.15, -0.1) is 11.8 Å². The number of rotatable bonds is 3. The average Bonchev–Trinajstić information content (AvgIpc) is 2.61. The van der Waals surface area contributed by atoms with Crippen LogP contribution in [0, 0.1) is 5.92 Å². The van der Waals surface area contributed by atoms with Gasteiger partial charge in [-0.2, -0.15) is 0 Å². The number of amides is 3. The van der Waals surface area contributed by atoms with Gasteiger partial charge in [0.15, 0.2) is 0 Å². The predicted octanol–water partition coefficient (Wildman–Crippen LogP) is 4.40. The van der Waals surface area contributed by atoms with E-state index >= 15 is 0 Å². The summed E-state index contributed by atoms with van der Waals surface area (Å²) in [6.07, 6.45) is 3.59. The van der Waals surface area contributed by atoms with Gasteiger partial charge in [0.05, 0.1) is 0 Å². The van der Waals surface area contributed by atoms with Crippen LogP contribution in [0.5, 0.6) is 0 Å². The van der Waals surface area contributed by atoms with E-state index in [1.54, 1.807) is 16.7 Å². The zero-order chi connectivity index (χ0) is 19.6. The van der Waals surface area contributed by atoms with Gasteiger partial charge < -0.3 is 19.9 Å². The third-order valence-corrected chi connectivity index (χ3v) is 5.67. The molecule has 1 aromatic rings. The molecule has 0 aliphatic carbocycles. The molecule has 0 saturated carbocycles. The Balaban J connectivity index is 1.54. The van der Waals surface area contributed by atoms with Crippen LogP contribution in [-0.4, -0.2) is 53.4 Å². The minimum absolute atomic E-state index is 0.0334. The summed E-state index contributed by atoms with van der Waals surface area (Å²) < 4.78 is 5.45. The smallest absolute Gasteiger partial charge is 0.410 e. The Labute approximate surface area is 165 Å². The van der Waals surface area contributed by atoms with Crippen molar-refractivity contribution in [3.63, 3.8) is 0 Å². The number of piperidine rings is 1. The Morgan fingerprint density at radius 3 is 2.63 bits per heavy atom. The summed E-state index contributed by atoms with van der Waals surface area (Å²) in [6.45, 7) is 8.37. The van der Waals surface area contributed by atoms with Crippen molar-refractivity contribution in [3.8, 4) is 0 Å². The first kappa shape index (κ1) is 19.9. The largest absolute Gasteiger partial charge is 0.444 e. The molecule has 2 heterocycles. The summed E-state index contributed by atoms with van der Waals surface area (Å²) in [6, 6.07) is 6.13. The average molecular weight is 392 g/mol. The molecular weight excluding hydrogens is 362 g/mol. The number of nitrogens with zero attached hydrogens (tertiary/aromatic N) is 2. The molecule has 0 unspecified atom stereocenters. The Bertz CT molecular complexity index is 709. The first-order valence-corrected chi connectivity index (χ1v) is 10.7. The van der Waals surface area contributed by atoms with Crippen LogP contribution >= 0.6 is 11.8 Å². The monoisotopic (exact) mass is 391 g/mol. The van der Waals surface area contributed by atoms with Crippen molar-refractivity contribution in [1.82, 2.24) is 9.80 Å². The molecule has 1 N–H and O–H groups in total. The standard InChI is InChI=1S/C20H29N3O3S/c1-20(2,3)26-19(25)22-9-7-14(8-10-22)12-23-13-15-11-16(27-4)5-6-17(15)21-18(23)24/h5-6,11,14H,7-10,12-13H2,1-4H3,(H,21,24). The molecule has 2 aliphatic rings. The fourth-order valence-corrected chi connectivity index (χ4v) is 3.97. The lowest BCUT2D eigenvalue weighted by atomic mass is 9.96. The predicted molar refractivity (Wildman–Crippen MR) is 108 cm³/mol. The Kier molecular flexibility index (Phi) is 5.89. The fraction of sp³-hybridized carbons (Fsp3) is 0.600. The van der Waals surface area contributed by atoms with Crippen molar-refractivity contribution in [1.29, 1.82) is 0 Å². The lowest BCUT2D eigenvalue weighted by Crippen LogP contribution is -2.46. The van der Waals surface area contributed by atoms with Gasteiger partial charge in [-0.05, 0) is 69.5 Å². The molecule has 148 valence electrons. The van der Waals surface area contributed by atoms with Crippen molar-refractivity contribution in [3.05, 3.63) is 23.8 Å². The van der Waals surface area contributed by atoms with Crippen LogP contribution in [0.2, 0.25) is 0 Å². The molecule has 3 amide bonds. The third-order valence-electron chi connectivity index (χ3n) is 4.95. The molecule has 0 aromatic heterocycles. The first-order valence-electron chi connectivity index (χ1n) is 9.46. The van der Waals surface area contributed by atoms with Gasteiger partial charge in [-0.25, -0.2) is 9.59 Å². The maximum Gasteiger partial charge on any atom is 0.410 e. The number of ether oxygens (including phenoxy) is 1. The molecular formula is C20H29N3O3S. The third kappa shape index (κ3) is 5.09. The van der Waals surface area contributed by atoms with Gasteiger partial charge in [0, 0.05) is 36.8 Å². The molecule has 0 atom stereocenters. The van der Waals surface area contributed by atoms with Crippen LogP contribution in [0.25, 0.3) is 0 Å². The molecule has 27 heavy (non-hydrogen) atoms. The first-order chi connectivity index (χ1) is 12.7. The SMILES string of the molecule is CSc1ccc2c(c1)CN(CC1CCN(C(=O)OC(C)(C)C)CC1)C(=O)N2. The van der Waals surface area contributed by atoms with Gasteiger partial charge in [0.1, 0.15) is 5.60 Å². The normalized spacial score (nSPS) is 18.1. The molecule has 0 spiro atoms. The second kappa shape index (κ2) is 8.00. The van der Waals surface area contributed by atoms with Crippen molar-refractivity contribution < 1.29 is 14.3 Å². The van der Waals surface area contributed by atoms with Crippen molar-refractivity contribution in [2.45, 2.75) is 50.7 Å². The molecule has 7 heteroatoms. The van der Waals surface area contributed by atoms with Crippen LogP contribution in [0.4, 0.5) is 15.3 Å². The summed E-state index contributed by atoms with van der Waals surface area (Å²) in [4.78, 5) is 29.5. The number of carbonyl (C=O) groups is 2. The van der Waals surface area contributed by atoms with Crippen LogP contribution in [-0.2, 0) is 11.3 Å². The van der Waals surface area contributed by atoms with E-state index in [1.807, 2.05) is 37.8 Å². The minimum Gasteiger partial charge on any atom is -0.444 e. The van der Waals surface area contributed by atoms with E-state index < -0.39 is 5.60 Å². The number of fused-ring (bicyclic) bond motifs is 1. The van der Waals surface area contributed by atoms with E-state index in [0.29, 0.717) is 25.6 Å². The maximum absolute atomic E-state index is 12.4. The molecule has 2 aliphatic heterocycles. The molecule has 0 radical (unpaired) electrons. The van der Waals surface area contributed by atoms with E-state index in [9.17, 15) is 9.59 Å². The van der Waals surface area contributed by atoms with Gasteiger partial charge in [0.25, 0.3) is 0 Å². The Morgan fingerprint density at radius 2 is 2.00 bits per heavy atom. The number of urea groups is 1. The zero-order valence-corrected chi connectivity index (χ0v) is 17.4. The highest BCUT2D eigenvalue weighted by atomic mass is 32.2. The topological polar surface area (TPSA) is 61.9 Å². The fourth-order valence-electron chi connectivity index (χ4n) is 3.51. The number of benzene rings is 1. The van der Waals surface area contributed by atoms with Crippen molar-refractivity contribution >= 4 is 29.6 Å². The zero-order valence-electron chi connectivity index (χ0n) is 16.6. The lowest BCUT2D eigenvalue weighted by molar-refractivity contribution is 0.0173. The highest BCUT2D eigenvalue weighted by molar-refractivity contribution is 7.98. The number of thioether (sulfide) groups is 1. The molecule has 3 rings (SSSR count). The van der Waals surface area contributed by atoms with Gasteiger partial charge in [0.2, 0.25) is 0 Å². The summed E-state index contributed by atoms with van der Waals surface area (Å²) in [5.41, 5.74) is 1.60. The van der Waals surface area contributed by atoms with Crippen LogP contribution in [0.15, 0.2) is 23.1 Å². The summed E-state index contributed by atoms with van der Waals surface area (Å²) in [7, 11) is 0.